The van der Waals surface area contributed by atoms with Crippen molar-refractivity contribution in [2.45, 2.75) is 32.6 Å². The molecule has 1 saturated carbocycles. The van der Waals surface area contributed by atoms with Gasteiger partial charge in [0.1, 0.15) is 5.82 Å². The standard InChI is InChI=1S/C19H20FN5/c1-19-10-13-11-23-25(17-7-5-16(20)6-8-17)18(13)9-14(19)3-2-4-15(19)12-22-24-21/h5-9,11,15H,2-4,10,12H2,1H3/t15-,19+/m1/s1. The quantitative estimate of drug-likeness (QED) is 0.438. The molecule has 2 aliphatic carbocycles. The lowest BCUT2D eigenvalue weighted by molar-refractivity contribution is 0.188. The predicted molar refractivity (Wildman–Crippen MR) is 94.7 cm³/mol. The Labute approximate surface area is 145 Å². The molecular formula is C19H20FN5. The van der Waals surface area contributed by atoms with E-state index in [1.165, 1.54) is 23.3 Å². The van der Waals surface area contributed by atoms with Crippen molar-refractivity contribution >= 4 is 6.08 Å². The molecule has 25 heavy (non-hydrogen) atoms. The third-order valence-electron chi connectivity index (χ3n) is 5.82. The molecule has 4 rings (SSSR count). The van der Waals surface area contributed by atoms with Gasteiger partial charge >= 0.3 is 0 Å². The molecule has 0 saturated heterocycles. The average molecular weight is 337 g/mol. The van der Waals surface area contributed by atoms with E-state index in [1.54, 1.807) is 12.1 Å². The van der Waals surface area contributed by atoms with Crippen LogP contribution in [0.1, 0.15) is 37.4 Å². The highest BCUT2D eigenvalue weighted by molar-refractivity contribution is 5.61. The number of fused-ring (bicyclic) bond motifs is 2. The van der Waals surface area contributed by atoms with E-state index in [-0.39, 0.29) is 11.2 Å². The van der Waals surface area contributed by atoms with Gasteiger partial charge < -0.3 is 0 Å². The Kier molecular flexibility index (Phi) is 3.85. The van der Waals surface area contributed by atoms with Gasteiger partial charge in [0.2, 0.25) is 0 Å². The number of hydrogen-bond acceptors (Lipinski definition) is 2. The molecule has 0 amide bonds. The minimum atomic E-state index is -0.246. The third kappa shape index (κ3) is 2.63. The first-order valence-corrected chi connectivity index (χ1v) is 8.66. The molecule has 2 aromatic rings. The van der Waals surface area contributed by atoms with Crippen LogP contribution in [0.3, 0.4) is 0 Å². The molecule has 0 bridgehead atoms. The van der Waals surface area contributed by atoms with E-state index in [0.29, 0.717) is 12.5 Å². The maximum atomic E-state index is 13.2. The number of aromatic nitrogens is 2. The highest BCUT2D eigenvalue weighted by Crippen LogP contribution is 2.51. The highest BCUT2D eigenvalue weighted by Gasteiger charge is 2.42. The predicted octanol–water partition coefficient (Wildman–Crippen LogP) is 5.07. The Morgan fingerprint density at radius 1 is 1.40 bits per heavy atom. The van der Waals surface area contributed by atoms with E-state index in [2.05, 4.69) is 28.1 Å². The van der Waals surface area contributed by atoms with Crippen molar-refractivity contribution in [3.8, 4) is 5.69 Å². The van der Waals surface area contributed by atoms with Gasteiger partial charge in [0.25, 0.3) is 0 Å². The summed E-state index contributed by atoms with van der Waals surface area (Å²) in [5, 5.41) is 8.39. The van der Waals surface area contributed by atoms with Gasteiger partial charge in [0.15, 0.2) is 0 Å². The summed E-state index contributed by atoms with van der Waals surface area (Å²) in [5.41, 5.74) is 13.3. The van der Waals surface area contributed by atoms with E-state index in [1.807, 2.05) is 10.9 Å². The minimum absolute atomic E-state index is 0.0239. The van der Waals surface area contributed by atoms with Crippen LogP contribution in [0, 0.1) is 17.2 Å². The van der Waals surface area contributed by atoms with Crippen molar-refractivity contribution in [3.63, 3.8) is 0 Å². The molecule has 0 unspecified atom stereocenters. The monoisotopic (exact) mass is 337 g/mol. The van der Waals surface area contributed by atoms with Crippen molar-refractivity contribution in [2.24, 2.45) is 16.4 Å². The van der Waals surface area contributed by atoms with Crippen LogP contribution in [0.2, 0.25) is 0 Å². The van der Waals surface area contributed by atoms with Gasteiger partial charge in [0, 0.05) is 11.5 Å². The van der Waals surface area contributed by atoms with Crippen LogP contribution in [0.25, 0.3) is 22.2 Å². The molecule has 0 N–H and O–H groups in total. The summed E-state index contributed by atoms with van der Waals surface area (Å²) < 4.78 is 15.1. The summed E-state index contributed by atoms with van der Waals surface area (Å²) in [6.07, 6.45) is 8.34. The Morgan fingerprint density at radius 2 is 2.20 bits per heavy atom. The molecule has 0 aliphatic heterocycles. The van der Waals surface area contributed by atoms with Crippen molar-refractivity contribution < 1.29 is 4.39 Å². The van der Waals surface area contributed by atoms with Gasteiger partial charge in [-0.3, -0.25) is 0 Å². The normalized spacial score (nSPS) is 24.7. The molecule has 1 heterocycles. The summed E-state index contributed by atoms with van der Waals surface area (Å²) in [6, 6.07) is 6.42. The number of halogens is 1. The Bertz CT molecular complexity index is 876. The zero-order valence-electron chi connectivity index (χ0n) is 14.2. The fourth-order valence-corrected chi connectivity index (χ4v) is 4.36. The van der Waals surface area contributed by atoms with E-state index in [9.17, 15) is 4.39 Å². The van der Waals surface area contributed by atoms with E-state index in [0.717, 1.165) is 37.1 Å². The zero-order valence-corrected chi connectivity index (χ0v) is 14.2. The fraction of sp³-hybridized carbons (Fsp3) is 0.421. The molecule has 128 valence electrons. The van der Waals surface area contributed by atoms with Crippen LogP contribution in [-0.4, -0.2) is 16.3 Å². The number of azide groups is 1. The summed E-state index contributed by atoms with van der Waals surface area (Å²) in [4.78, 5) is 2.95. The smallest absolute Gasteiger partial charge is 0.123 e. The van der Waals surface area contributed by atoms with E-state index in [4.69, 9.17) is 5.53 Å². The lowest BCUT2D eigenvalue weighted by Gasteiger charge is -2.45. The fourth-order valence-electron chi connectivity index (χ4n) is 4.36. The maximum absolute atomic E-state index is 13.2. The second kappa shape index (κ2) is 6.05. The average Bonchev–Trinajstić information content (AvgIpc) is 3.00. The molecular weight excluding hydrogens is 317 g/mol. The second-order valence-electron chi connectivity index (χ2n) is 7.21. The van der Waals surface area contributed by atoms with E-state index < -0.39 is 0 Å². The van der Waals surface area contributed by atoms with Gasteiger partial charge in [-0.1, -0.05) is 17.6 Å². The van der Waals surface area contributed by atoms with E-state index >= 15 is 0 Å². The van der Waals surface area contributed by atoms with Gasteiger partial charge in [-0.2, -0.15) is 5.10 Å². The van der Waals surface area contributed by atoms with Crippen molar-refractivity contribution in [1.82, 2.24) is 9.78 Å². The molecule has 1 fully saturated rings. The summed E-state index contributed by atoms with van der Waals surface area (Å²) >= 11 is 0. The molecule has 6 heteroatoms. The molecule has 5 nitrogen and oxygen atoms in total. The van der Waals surface area contributed by atoms with Gasteiger partial charge in [-0.25, -0.2) is 9.07 Å². The Morgan fingerprint density at radius 3 is 2.96 bits per heavy atom. The topological polar surface area (TPSA) is 66.6 Å². The zero-order chi connectivity index (χ0) is 17.4. The van der Waals surface area contributed by atoms with Crippen LogP contribution in [0.5, 0.6) is 0 Å². The molecule has 1 aromatic carbocycles. The first-order chi connectivity index (χ1) is 12.1. The molecule has 0 spiro atoms. The minimum Gasteiger partial charge on any atom is -0.233 e. The van der Waals surface area contributed by atoms with Crippen molar-refractivity contribution in [1.29, 1.82) is 0 Å². The lowest BCUT2D eigenvalue weighted by Crippen LogP contribution is -2.38. The molecule has 1 aromatic heterocycles. The highest BCUT2D eigenvalue weighted by atomic mass is 19.1. The maximum Gasteiger partial charge on any atom is 0.123 e. The van der Waals surface area contributed by atoms with Crippen LogP contribution in [-0.2, 0) is 6.42 Å². The summed E-state index contributed by atoms with van der Waals surface area (Å²) in [6.45, 7) is 2.83. The van der Waals surface area contributed by atoms with Crippen LogP contribution >= 0.6 is 0 Å². The van der Waals surface area contributed by atoms with Crippen LogP contribution < -0.4 is 0 Å². The number of rotatable bonds is 3. The van der Waals surface area contributed by atoms with Gasteiger partial charge in [-0.15, -0.1) is 0 Å². The van der Waals surface area contributed by atoms with Crippen molar-refractivity contribution in [3.05, 3.63) is 63.6 Å². The Hall–Kier alpha value is -2.59. The first kappa shape index (κ1) is 15.9. The van der Waals surface area contributed by atoms with Crippen LogP contribution in [0.15, 0.2) is 41.1 Å². The molecule has 2 aliphatic rings. The SMILES string of the molecule is C[C@]12Cc3cnn(-c4ccc(F)cc4)c3C=C1CCC[C@@H]2CN=[N+]=[N-]. The van der Waals surface area contributed by atoms with Gasteiger partial charge in [-0.05, 0) is 78.5 Å². The lowest BCUT2D eigenvalue weighted by atomic mass is 9.60. The summed E-state index contributed by atoms with van der Waals surface area (Å²) in [7, 11) is 0. The van der Waals surface area contributed by atoms with Crippen molar-refractivity contribution in [2.75, 3.05) is 6.54 Å². The number of allylic oxidation sites excluding steroid dienone is 1. The van der Waals surface area contributed by atoms with Gasteiger partial charge in [0.05, 0.1) is 17.6 Å². The molecule has 2 atom stereocenters. The number of hydrogen-bond donors (Lipinski definition) is 0. The van der Waals surface area contributed by atoms with Crippen LogP contribution in [0.4, 0.5) is 4.39 Å². The third-order valence-corrected chi connectivity index (χ3v) is 5.82. The number of benzene rings is 1. The largest absolute Gasteiger partial charge is 0.233 e. The second-order valence-corrected chi connectivity index (χ2v) is 7.21. The Balaban J connectivity index is 1.74. The number of nitrogens with zero attached hydrogens (tertiary/aromatic N) is 5. The summed E-state index contributed by atoms with van der Waals surface area (Å²) in [5.74, 6) is 0.120. The first-order valence-electron chi connectivity index (χ1n) is 8.66. The molecule has 0 radical (unpaired) electrons.